The molecule has 0 bridgehead atoms. The van der Waals surface area contributed by atoms with E-state index in [0.717, 1.165) is 5.69 Å². The van der Waals surface area contributed by atoms with Gasteiger partial charge in [-0.25, -0.2) is 9.78 Å². The molecule has 1 aromatic heterocycles. The molecule has 6 heteroatoms. The van der Waals surface area contributed by atoms with Crippen molar-refractivity contribution in [2.75, 3.05) is 29.6 Å². The first-order valence-electron chi connectivity index (χ1n) is 6.01. The van der Waals surface area contributed by atoms with E-state index in [1.54, 1.807) is 12.1 Å². The van der Waals surface area contributed by atoms with E-state index in [-0.39, 0.29) is 6.03 Å². The highest BCUT2D eigenvalue weighted by molar-refractivity contribution is 6.30. The van der Waals surface area contributed by atoms with Crippen LogP contribution in [-0.4, -0.2) is 25.1 Å². The van der Waals surface area contributed by atoms with E-state index in [4.69, 9.17) is 11.6 Å². The van der Waals surface area contributed by atoms with Gasteiger partial charge in [0.25, 0.3) is 0 Å². The Morgan fingerprint density at radius 1 is 1.10 bits per heavy atom. The monoisotopic (exact) mass is 290 g/mol. The minimum atomic E-state index is -0.350. The number of hydrogen-bond acceptors (Lipinski definition) is 3. The van der Waals surface area contributed by atoms with E-state index >= 15 is 0 Å². The topological polar surface area (TPSA) is 57.3 Å². The Balaban J connectivity index is 1.95. The SMILES string of the molecule is CN(C)c1ccc(NC(=O)Nc2ccc(Cl)cn2)cc1. The summed E-state index contributed by atoms with van der Waals surface area (Å²) in [5, 5.41) is 5.88. The molecule has 0 unspecified atom stereocenters. The van der Waals surface area contributed by atoms with Gasteiger partial charge in [-0.15, -0.1) is 0 Å². The average molecular weight is 291 g/mol. The zero-order valence-electron chi connectivity index (χ0n) is 11.2. The first-order valence-corrected chi connectivity index (χ1v) is 6.39. The van der Waals surface area contributed by atoms with Gasteiger partial charge in [0.05, 0.1) is 5.02 Å². The summed E-state index contributed by atoms with van der Waals surface area (Å²) >= 11 is 5.72. The molecule has 0 spiro atoms. The van der Waals surface area contributed by atoms with Gasteiger partial charge in [-0.3, -0.25) is 5.32 Å². The molecule has 0 atom stereocenters. The van der Waals surface area contributed by atoms with E-state index in [1.165, 1.54) is 6.20 Å². The van der Waals surface area contributed by atoms with Crippen LogP contribution in [0.25, 0.3) is 0 Å². The van der Waals surface area contributed by atoms with Crippen molar-refractivity contribution >= 4 is 34.8 Å². The summed E-state index contributed by atoms with van der Waals surface area (Å²) in [6, 6.07) is 10.5. The summed E-state index contributed by atoms with van der Waals surface area (Å²) in [4.78, 5) is 17.8. The average Bonchev–Trinajstić information content (AvgIpc) is 2.42. The van der Waals surface area contributed by atoms with Crippen LogP contribution in [0.5, 0.6) is 0 Å². The molecule has 20 heavy (non-hydrogen) atoms. The number of carbonyl (C=O) groups excluding carboxylic acids is 1. The lowest BCUT2D eigenvalue weighted by Crippen LogP contribution is -2.20. The second-order valence-corrected chi connectivity index (χ2v) is 4.82. The molecular formula is C14H15ClN4O. The number of aromatic nitrogens is 1. The highest BCUT2D eigenvalue weighted by Crippen LogP contribution is 2.16. The Kier molecular flexibility index (Phi) is 4.42. The summed E-state index contributed by atoms with van der Waals surface area (Å²) in [5.41, 5.74) is 1.78. The quantitative estimate of drug-likeness (QED) is 0.910. The molecule has 104 valence electrons. The largest absolute Gasteiger partial charge is 0.378 e. The number of anilines is 3. The van der Waals surface area contributed by atoms with Gasteiger partial charge in [-0.2, -0.15) is 0 Å². The molecule has 1 heterocycles. The fourth-order valence-corrected chi connectivity index (χ4v) is 1.68. The summed E-state index contributed by atoms with van der Waals surface area (Å²) in [6.07, 6.45) is 1.48. The number of urea groups is 1. The standard InChI is InChI=1S/C14H15ClN4O/c1-19(2)12-6-4-11(5-7-12)17-14(20)18-13-8-3-10(15)9-16-13/h3-9H,1-2H3,(H2,16,17,18,20). The van der Waals surface area contributed by atoms with Crippen molar-refractivity contribution in [2.24, 2.45) is 0 Å². The van der Waals surface area contributed by atoms with Crippen molar-refractivity contribution in [3.8, 4) is 0 Å². The maximum atomic E-state index is 11.8. The number of pyridine rings is 1. The predicted molar refractivity (Wildman–Crippen MR) is 82.7 cm³/mol. The number of amides is 2. The first kappa shape index (κ1) is 14.1. The first-order chi connectivity index (χ1) is 9.54. The van der Waals surface area contributed by atoms with Crippen LogP contribution in [0.15, 0.2) is 42.6 Å². The number of hydrogen-bond donors (Lipinski definition) is 2. The van der Waals surface area contributed by atoms with E-state index in [2.05, 4.69) is 15.6 Å². The molecule has 2 rings (SSSR count). The number of rotatable bonds is 3. The zero-order valence-corrected chi connectivity index (χ0v) is 12.0. The normalized spacial score (nSPS) is 9.95. The Labute approximate surface area is 122 Å². The second-order valence-electron chi connectivity index (χ2n) is 4.38. The molecule has 2 amide bonds. The maximum Gasteiger partial charge on any atom is 0.324 e. The van der Waals surface area contributed by atoms with Crippen LogP contribution >= 0.6 is 11.6 Å². The highest BCUT2D eigenvalue weighted by Gasteiger charge is 2.04. The van der Waals surface area contributed by atoms with Crippen LogP contribution in [0, 0.1) is 0 Å². The minimum absolute atomic E-state index is 0.350. The van der Waals surface area contributed by atoms with Crippen molar-refractivity contribution in [1.29, 1.82) is 0 Å². The molecule has 0 saturated heterocycles. The van der Waals surface area contributed by atoms with Gasteiger partial charge in [0.1, 0.15) is 5.82 Å². The lowest BCUT2D eigenvalue weighted by atomic mass is 10.2. The molecule has 5 nitrogen and oxygen atoms in total. The zero-order chi connectivity index (χ0) is 14.5. The van der Waals surface area contributed by atoms with Crippen molar-refractivity contribution in [2.45, 2.75) is 0 Å². The van der Waals surface area contributed by atoms with Crippen molar-refractivity contribution < 1.29 is 4.79 Å². The Morgan fingerprint density at radius 3 is 2.35 bits per heavy atom. The van der Waals surface area contributed by atoms with Crippen LogP contribution < -0.4 is 15.5 Å². The lowest BCUT2D eigenvalue weighted by Gasteiger charge is -2.13. The fourth-order valence-electron chi connectivity index (χ4n) is 1.57. The molecule has 1 aromatic carbocycles. The summed E-state index contributed by atoms with van der Waals surface area (Å²) < 4.78 is 0. The molecule has 0 aliphatic rings. The van der Waals surface area contributed by atoms with Crippen LogP contribution in [0.2, 0.25) is 5.02 Å². The fraction of sp³-hybridized carbons (Fsp3) is 0.143. The third-order valence-corrected chi connectivity index (χ3v) is 2.83. The molecule has 0 aliphatic carbocycles. The number of benzene rings is 1. The van der Waals surface area contributed by atoms with Gasteiger partial charge < -0.3 is 10.2 Å². The number of nitrogens with one attached hydrogen (secondary N) is 2. The molecule has 2 aromatic rings. The minimum Gasteiger partial charge on any atom is -0.378 e. The number of nitrogens with zero attached hydrogens (tertiary/aromatic N) is 2. The van der Waals surface area contributed by atoms with E-state index < -0.39 is 0 Å². The summed E-state index contributed by atoms with van der Waals surface area (Å²) in [6.45, 7) is 0. The van der Waals surface area contributed by atoms with Crippen molar-refractivity contribution in [3.05, 3.63) is 47.6 Å². The molecule has 0 aliphatic heterocycles. The summed E-state index contributed by atoms with van der Waals surface area (Å²) in [7, 11) is 3.92. The predicted octanol–water partition coefficient (Wildman–Crippen LogP) is 3.45. The van der Waals surface area contributed by atoms with Gasteiger partial charge in [0.2, 0.25) is 0 Å². The lowest BCUT2D eigenvalue weighted by molar-refractivity contribution is 0.262. The van der Waals surface area contributed by atoms with Gasteiger partial charge >= 0.3 is 6.03 Å². The van der Waals surface area contributed by atoms with Crippen molar-refractivity contribution in [3.63, 3.8) is 0 Å². The van der Waals surface area contributed by atoms with Crippen LogP contribution in [-0.2, 0) is 0 Å². The molecule has 2 N–H and O–H groups in total. The van der Waals surface area contributed by atoms with E-state index in [0.29, 0.717) is 16.5 Å². The van der Waals surface area contributed by atoms with Crippen LogP contribution in [0.1, 0.15) is 0 Å². The number of halogens is 1. The third-order valence-electron chi connectivity index (χ3n) is 2.61. The maximum absolute atomic E-state index is 11.8. The molecule has 0 saturated carbocycles. The van der Waals surface area contributed by atoms with Gasteiger partial charge in [0, 0.05) is 31.7 Å². The van der Waals surface area contributed by atoms with Crippen LogP contribution in [0.3, 0.4) is 0 Å². The van der Waals surface area contributed by atoms with Gasteiger partial charge in [0.15, 0.2) is 0 Å². The van der Waals surface area contributed by atoms with Gasteiger partial charge in [-0.05, 0) is 36.4 Å². The number of carbonyl (C=O) groups is 1. The smallest absolute Gasteiger partial charge is 0.324 e. The Morgan fingerprint density at radius 2 is 1.80 bits per heavy atom. The van der Waals surface area contributed by atoms with Crippen LogP contribution in [0.4, 0.5) is 22.0 Å². The van der Waals surface area contributed by atoms with Gasteiger partial charge in [-0.1, -0.05) is 11.6 Å². The molecule has 0 fully saturated rings. The Hall–Kier alpha value is -2.27. The summed E-state index contributed by atoms with van der Waals surface area (Å²) in [5.74, 6) is 0.441. The second kappa shape index (κ2) is 6.25. The molecule has 0 radical (unpaired) electrons. The Bertz CT molecular complexity index is 581. The van der Waals surface area contributed by atoms with E-state index in [1.807, 2.05) is 43.3 Å². The van der Waals surface area contributed by atoms with E-state index in [9.17, 15) is 4.79 Å². The highest BCUT2D eigenvalue weighted by atomic mass is 35.5. The van der Waals surface area contributed by atoms with Crippen molar-refractivity contribution in [1.82, 2.24) is 4.98 Å². The molecular weight excluding hydrogens is 276 g/mol. The third kappa shape index (κ3) is 3.86.